The normalized spacial score (nSPS) is 12.4. The molecular weight excluding hydrogens is 380 g/mol. The molecule has 3 aromatic heterocycles. The van der Waals surface area contributed by atoms with Crippen LogP contribution < -0.4 is 10.1 Å². The zero-order valence-corrected chi connectivity index (χ0v) is 15.8. The van der Waals surface area contributed by atoms with E-state index in [4.69, 9.17) is 16.0 Å². The highest BCUT2D eigenvalue weighted by Gasteiger charge is 2.11. The molecule has 0 spiro atoms. The number of furan rings is 1. The summed E-state index contributed by atoms with van der Waals surface area (Å²) in [6, 6.07) is 17.2. The second-order valence-electron chi connectivity index (χ2n) is 6.30. The number of imidazole rings is 1. The summed E-state index contributed by atoms with van der Waals surface area (Å²) in [4.78, 5) is 18.0. The van der Waals surface area contributed by atoms with Gasteiger partial charge in [-0.25, -0.2) is 9.38 Å². The first-order valence-electron chi connectivity index (χ1n) is 8.38. The van der Waals surface area contributed by atoms with Gasteiger partial charge in [0.05, 0.1) is 11.0 Å². The van der Waals surface area contributed by atoms with E-state index in [2.05, 4.69) is 4.98 Å². The number of fused-ring (bicyclic) bond motifs is 3. The minimum Gasteiger partial charge on any atom is -0.457 e. The van der Waals surface area contributed by atoms with Crippen molar-refractivity contribution in [2.75, 3.05) is 0 Å². The van der Waals surface area contributed by atoms with Gasteiger partial charge in [0.2, 0.25) is 0 Å². The summed E-state index contributed by atoms with van der Waals surface area (Å²) >= 11 is 7.56. The van der Waals surface area contributed by atoms with Crippen molar-refractivity contribution in [1.82, 2.24) is 9.38 Å². The van der Waals surface area contributed by atoms with Crippen LogP contribution >= 0.6 is 22.9 Å². The number of thiazole rings is 1. The first-order chi connectivity index (χ1) is 13.1. The second kappa shape index (κ2) is 6.08. The molecule has 27 heavy (non-hydrogen) atoms. The maximum absolute atomic E-state index is 12.8. The number of hydrogen-bond donors (Lipinski definition) is 0. The van der Waals surface area contributed by atoms with Crippen molar-refractivity contribution in [3.63, 3.8) is 0 Å². The van der Waals surface area contributed by atoms with E-state index in [1.807, 2.05) is 61.5 Å². The van der Waals surface area contributed by atoms with Gasteiger partial charge in [0.1, 0.15) is 16.1 Å². The summed E-state index contributed by atoms with van der Waals surface area (Å²) in [7, 11) is 0. The van der Waals surface area contributed by atoms with Crippen molar-refractivity contribution in [3.8, 4) is 11.3 Å². The lowest BCUT2D eigenvalue weighted by molar-refractivity contribution is 0.571. The number of halogens is 1. The largest absolute Gasteiger partial charge is 0.457 e. The number of benzene rings is 2. The van der Waals surface area contributed by atoms with Gasteiger partial charge in [0.15, 0.2) is 4.96 Å². The molecule has 0 unspecified atom stereocenters. The smallest absolute Gasteiger partial charge is 0.275 e. The first-order valence-corrected chi connectivity index (χ1v) is 9.58. The zero-order chi connectivity index (χ0) is 18.5. The van der Waals surface area contributed by atoms with E-state index >= 15 is 0 Å². The van der Waals surface area contributed by atoms with Gasteiger partial charge < -0.3 is 4.42 Å². The van der Waals surface area contributed by atoms with Crippen LogP contribution in [0.15, 0.2) is 63.8 Å². The van der Waals surface area contributed by atoms with Gasteiger partial charge in [-0.2, -0.15) is 0 Å². The van der Waals surface area contributed by atoms with Crippen molar-refractivity contribution >= 4 is 45.0 Å². The minimum absolute atomic E-state index is 0.0833. The molecule has 0 saturated heterocycles. The number of aromatic nitrogens is 2. The van der Waals surface area contributed by atoms with Crippen LogP contribution in [0.3, 0.4) is 0 Å². The van der Waals surface area contributed by atoms with Gasteiger partial charge in [0.25, 0.3) is 5.56 Å². The van der Waals surface area contributed by atoms with Crippen LogP contribution in [0.4, 0.5) is 0 Å². The van der Waals surface area contributed by atoms with E-state index in [0.29, 0.717) is 26.0 Å². The number of nitrogens with zero attached hydrogens (tertiary/aromatic N) is 2. The quantitative estimate of drug-likeness (QED) is 0.438. The Bertz CT molecular complexity index is 1430. The van der Waals surface area contributed by atoms with E-state index in [1.54, 1.807) is 10.5 Å². The molecular formula is C21H13ClN2O2S. The lowest BCUT2D eigenvalue weighted by Crippen LogP contribution is -2.22. The molecule has 0 aliphatic heterocycles. The summed E-state index contributed by atoms with van der Waals surface area (Å²) in [5, 5.41) is 0.697. The number of rotatable bonds is 2. The van der Waals surface area contributed by atoms with Gasteiger partial charge in [-0.1, -0.05) is 47.2 Å². The SMILES string of the molecule is Cc1ccc(-c2ccc(C=c3sc4nc5ccccc5n4c3=O)o2)cc1Cl. The zero-order valence-electron chi connectivity index (χ0n) is 14.3. The highest BCUT2D eigenvalue weighted by atomic mass is 35.5. The second-order valence-corrected chi connectivity index (χ2v) is 7.72. The summed E-state index contributed by atoms with van der Waals surface area (Å²) in [5.41, 5.74) is 3.48. The number of para-hydroxylation sites is 2. The van der Waals surface area contributed by atoms with Crippen LogP contribution in [0.25, 0.3) is 33.4 Å². The van der Waals surface area contributed by atoms with Crippen molar-refractivity contribution in [2.24, 2.45) is 0 Å². The van der Waals surface area contributed by atoms with Crippen LogP contribution in [0.1, 0.15) is 11.3 Å². The third kappa shape index (κ3) is 2.67. The molecule has 0 amide bonds. The summed E-state index contributed by atoms with van der Waals surface area (Å²) in [6.45, 7) is 1.96. The molecule has 3 heterocycles. The molecule has 0 radical (unpaired) electrons. The summed E-state index contributed by atoms with van der Waals surface area (Å²) in [6.07, 6.45) is 1.76. The molecule has 0 saturated carbocycles. The van der Waals surface area contributed by atoms with E-state index in [0.717, 1.165) is 22.2 Å². The van der Waals surface area contributed by atoms with Crippen LogP contribution in [0, 0.1) is 6.92 Å². The van der Waals surface area contributed by atoms with Crippen LogP contribution in [-0.4, -0.2) is 9.38 Å². The Morgan fingerprint density at radius 1 is 1.15 bits per heavy atom. The predicted molar refractivity (Wildman–Crippen MR) is 110 cm³/mol. The molecule has 0 fully saturated rings. The highest BCUT2D eigenvalue weighted by Crippen LogP contribution is 2.27. The summed E-state index contributed by atoms with van der Waals surface area (Å²) in [5.74, 6) is 1.33. The molecule has 2 aromatic carbocycles. The average molecular weight is 393 g/mol. The Kier molecular flexibility index (Phi) is 3.67. The number of hydrogen-bond acceptors (Lipinski definition) is 4. The Balaban J connectivity index is 1.61. The predicted octanol–water partition coefficient (Wildman–Crippen LogP) is 4.68. The van der Waals surface area contributed by atoms with E-state index in [9.17, 15) is 4.79 Å². The molecule has 0 atom stereocenters. The monoisotopic (exact) mass is 392 g/mol. The van der Waals surface area contributed by atoms with Gasteiger partial charge in [-0.15, -0.1) is 0 Å². The van der Waals surface area contributed by atoms with Crippen LogP contribution in [0.2, 0.25) is 5.02 Å². The first kappa shape index (κ1) is 16.3. The van der Waals surface area contributed by atoms with E-state index in [1.165, 1.54) is 11.3 Å². The van der Waals surface area contributed by atoms with Crippen molar-refractivity contribution in [3.05, 3.63) is 85.8 Å². The molecule has 132 valence electrons. The Hall–Kier alpha value is -2.89. The fourth-order valence-corrected chi connectivity index (χ4v) is 4.22. The highest BCUT2D eigenvalue weighted by molar-refractivity contribution is 7.15. The minimum atomic E-state index is -0.0833. The topological polar surface area (TPSA) is 47.5 Å². The average Bonchev–Trinajstić information content (AvgIpc) is 3.34. The molecule has 5 rings (SSSR count). The van der Waals surface area contributed by atoms with E-state index in [-0.39, 0.29) is 5.56 Å². The summed E-state index contributed by atoms with van der Waals surface area (Å²) < 4.78 is 8.14. The molecule has 4 nitrogen and oxygen atoms in total. The van der Waals surface area contributed by atoms with Crippen molar-refractivity contribution < 1.29 is 4.42 Å². The van der Waals surface area contributed by atoms with Crippen molar-refractivity contribution in [1.29, 1.82) is 0 Å². The third-order valence-electron chi connectivity index (χ3n) is 4.50. The van der Waals surface area contributed by atoms with E-state index < -0.39 is 0 Å². The standard InChI is InChI=1S/C21H13ClN2O2S/c1-12-6-7-13(10-15(12)22)18-9-8-14(26-18)11-19-20(25)24-17-5-3-2-4-16(17)23-21(24)27-19/h2-11H,1H3. The Morgan fingerprint density at radius 2 is 2.00 bits per heavy atom. The third-order valence-corrected chi connectivity index (χ3v) is 5.88. The lowest BCUT2D eigenvalue weighted by Gasteiger charge is -2.00. The van der Waals surface area contributed by atoms with Crippen LogP contribution in [0.5, 0.6) is 0 Å². The van der Waals surface area contributed by atoms with Gasteiger partial charge in [-0.3, -0.25) is 4.79 Å². The Morgan fingerprint density at radius 3 is 2.85 bits per heavy atom. The Labute approximate surface area is 163 Å². The fourth-order valence-electron chi connectivity index (χ4n) is 3.07. The lowest BCUT2D eigenvalue weighted by atomic mass is 10.1. The molecule has 0 bridgehead atoms. The van der Waals surface area contributed by atoms with Crippen molar-refractivity contribution in [2.45, 2.75) is 6.92 Å². The molecule has 0 aliphatic carbocycles. The molecule has 6 heteroatoms. The number of aryl methyl sites for hydroxylation is 1. The fraction of sp³-hybridized carbons (Fsp3) is 0.0476. The maximum Gasteiger partial charge on any atom is 0.275 e. The van der Waals surface area contributed by atoms with Crippen LogP contribution in [-0.2, 0) is 0 Å². The molecule has 0 N–H and O–H groups in total. The molecule has 5 aromatic rings. The molecule has 0 aliphatic rings. The van der Waals surface area contributed by atoms with Gasteiger partial charge >= 0.3 is 0 Å². The van der Waals surface area contributed by atoms with Gasteiger partial charge in [-0.05, 0) is 42.8 Å². The maximum atomic E-state index is 12.8. The van der Waals surface area contributed by atoms with Gasteiger partial charge in [0, 0.05) is 16.7 Å².